The number of alkyl halides is 3. The third-order valence-corrected chi connectivity index (χ3v) is 4.60. The lowest BCUT2D eigenvalue weighted by atomic mass is 9.99. The van der Waals surface area contributed by atoms with Gasteiger partial charge in [0.15, 0.2) is 0 Å². The summed E-state index contributed by atoms with van der Waals surface area (Å²) in [4.78, 5) is 21.6. The molecule has 0 bridgehead atoms. The van der Waals surface area contributed by atoms with Gasteiger partial charge in [-0.2, -0.15) is 18.3 Å². The predicted molar refractivity (Wildman–Crippen MR) is 96.7 cm³/mol. The molecule has 144 valence electrons. The molecule has 0 saturated carbocycles. The van der Waals surface area contributed by atoms with E-state index >= 15 is 0 Å². The summed E-state index contributed by atoms with van der Waals surface area (Å²) in [5, 5.41) is 4.37. The van der Waals surface area contributed by atoms with E-state index in [4.69, 9.17) is 0 Å². The Balaban J connectivity index is 1.48. The summed E-state index contributed by atoms with van der Waals surface area (Å²) in [6, 6.07) is 8.99. The molecule has 0 amide bonds. The molecule has 1 fully saturated rings. The summed E-state index contributed by atoms with van der Waals surface area (Å²) in [5.74, 6) is -0.0619. The average molecular weight is 387 g/mol. The van der Waals surface area contributed by atoms with Crippen molar-refractivity contribution < 1.29 is 13.2 Å². The van der Waals surface area contributed by atoms with Gasteiger partial charge in [0.05, 0.1) is 17.8 Å². The fourth-order valence-electron chi connectivity index (χ4n) is 3.22. The van der Waals surface area contributed by atoms with Crippen LogP contribution in [0.15, 0.2) is 59.8 Å². The molecule has 0 aliphatic carbocycles. The van der Waals surface area contributed by atoms with Crippen molar-refractivity contribution in [1.82, 2.24) is 19.7 Å². The van der Waals surface area contributed by atoms with Crippen LogP contribution >= 0.6 is 0 Å². The minimum atomic E-state index is -4.45. The van der Waals surface area contributed by atoms with Gasteiger partial charge in [-0.15, -0.1) is 0 Å². The van der Waals surface area contributed by atoms with Gasteiger partial charge in [0.25, 0.3) is 5.56 Å². The Morgan fingerprint density at radius 1 is 1.07 bits per heavy atom. The highest BCUT2D eigenvalue weighted by molar-refractivity contribution is 5.56. The SMILES string of the molecule is O=c1ccc(-c2cccnc2)nn1CC1CN(c2ncccc2C(F)(F)F)C1. The summed E-state index contributed by atoms with van der Waals surface area (Å²) in [6.07, 6.45) is 0.198. The van der Waals surface area contributed by atoms with Crippen molar-refractivity contribution in [3.8, 4) is 11.3 Å². The first-order chi connectivity index (χ1) is 13.4. The van der Waals surface area contributed by atoms with E-state index in [9.17, 15) is 18.0 Å². The largest absolute Gasteiger partial charge is 0.419 e. The molecule has 4 heterocycles. The first-order valence-corrected chi connectivity index (χ1v) is 8.67. The third-order valence-electron chi connectivity index (χ3n) is 4.60. The molecular weight excluding hydrogens is 371 g/mol. The number of hydrogen-bond donors (Lipinski definition) is 0. The van der Waals surface area contributed by atoms with Crippen molar-refractivity contribution >= 4 is 5.82 Å². The molecule has 0 spiro atoms. The Morgan fingerprint density at radius 2 is 1.86 bits per heavy atom. The Labute approximate surface area is 158 Å². The van der Waals surface area contributed by atoms with Crippen LogP contribution in [0.25, 0.3) is 11.3 Å². The van der Waals surface area contributed by atoms with Gasteiger partial charge in [0.1, 0.15) is 5.82 Å². The van der Waals surface area contributed by atoms with Crippen LogP contribution in [0.2, 0.25) is 0 Å². The van der Waals surface area contributed by atoms with Gasteiger partial charge in [-0.05, 0) is 30.3 Å². The van der Waals surface area contributed by atoms with Crippen molar-refractivity contribution in [3.63, 3.8) is 0 Å². The summed E-state index contributed by atoms with van der Waals surface area (Å²) in [7, 11) is 0. The normalized spacial score (nSPS) is 14.8. The molecule has 3 aromatic heterocycles. The highest BCUT2D eigenvalue weighted by atomic mass is 19.4. The maximum atomic E-state index is 13.1. The monoisotopic (exact) mass is 387 g/mol. The van der Waals surface area contributed by atoms with Crippen LogP contribution in [0, 0.1) is 5.92 Å². The zero-order valence-corrected chi connectivity index (χ0v) is 14.7. The van der Waals surface area contributed by atoms with Crippen LogP contribution in [-0.2, 0) is 12.7 Å². The number of nitrogens with zero attached hydrogens (tertiary/aromatic N) is 5. The average Bonchev–Trinajstić information content (AvgIpc) is 2.65. The predicted octanol–water partition coefficient (Wildman–Crippen LogP) is 2.86. The third kappa shape index (κ3) is 3.60. The van der Waals surface area contributed by atoms with Gasteiger partial charge >= 0.3 is 6.18 Å². The number of aromatic nitrogens is 4. The van der Waals surface area contributed by atoms with Crippen LogP contribution in [0.5, 0.6) is 0 Å². The van der Waals surface area contributed by atoms with E-state index in [0.29, 0.717) is 25.3 Å². The van der Waals surface area contributed by atoms with Crippen molar-refractivity contribution in [1.29, 1.82) is 0 Å². The summed E-state index contributed by atoms with van der Waals surface area (Å²) >= 11 is 0. The molecule has 0 aromatic carbocycles. The van der Waals surface area contributed by atoms with Crippen LogP contribution in [-0.4, -0.2) is 32.8 Å². The summed E-state index contributed by atoms with van der Waals surface area (Å²) in [5.41, 5.74) is 0.407. The number of rotatable bonds is 4. The van der Waals surface area contributed by atoms with Crippen LogP contribution < -0.4 is 10.5 Å². The number of pyridine rings is 2. The maximum Gasteiger partial charge on any atom is 0.419 e. The van der Waals surface area contributed by atoms with Gasteiger partial charge in [-0.3, -0.25) is 9.78 Å². The lowest BCUT2D eigenvalue weighted by Gasteiger charge is -2.41. The van der Waals surface area contributed by atoms with Crippen LogP contribution in [0.1, 0.15) is 5.56 Å². The standard InChI is InChI=1S/C19H16F3N5O/c20-19(21,22)15-4-2-8-24-18(15)26-10-13(11-26)12-27-17(28)6-5-16(25-27)14-3-1-7-23-9-14/h1-9,13H,10-12H2. The molecule has 0 unspecified atom stereocenters. The van der Waals surface area contributed by atoms with Gasteiger partial charge in [0.2, 0.25) is 0 Å². The van der Waals surface area contributed by atoms with Gasteiger partial charge in [-0.1, -0.05) is 0 Å². The van der Waals surface area contributed by atoms with E-state index in [2.05, 4.69) is 15.1 Å². The lowest BCUT2D eigenvalue weighted by molar-refractivity contribution is -0.137. The van der Waals surface area contributed by atoms with Crippen molar-refractivity contribution in [2.75, 3.05) is 18.0 Å². The highest BCUT2D eigenvalue weighted by Crippen LogP contribution is 2.37. The lowest BCUT2D eigenvalue weighted by Crippen LogP contribution is -2.50. The van der Waals surface area contributed by atoms with Gasteiger partial charge in [-0.25, -0.2) is 9.67 Å². The topological polar surface area (TPSA) is 63.9 Å². The second kappa shape index (κ2) is 7.06. The quantitative estimate of drug-likeness (QED) is 0.689. The van der Waals surface area contributed by atoms with E-state index in [-0.39, 0.29) is 17.3 Å². The zero-order valence-electron chi connectivity index (χ0n) is 14.7. The molecule has 0 atom stereocenters. The summed E-state index contributed by atoms with van der Waals surface area (Å²) in [6.45, 7) is 1.09. The minimum Gasteiger partial charge on any atom is -0.355 e. The van der Waals surface area contributed by atoms with E-state index < -0.39 is 11.7 Å². The molecule has 1 saturated heterocycles. The summed E-state index contributed by atoms with van der Waals surface area (Å²) < 4.78 is 40.8. The van der Waals surface area contributed by atoms with Crippen LogP contribution in [0.4, 0.5) is 19.0 Å². The second-order valence-corrected chi connectivity index (χ2v) is 6.62. The van der Waals surface area contributed by atoms with E-state index in [1.54, 1.807) is 29.4 Å². The Kier molecular flexibility index (Phi) is 4.58. The first-order valence-electron chi connectivity index (χ1n) is 8.67. The second-order valence-electron chi connectivity index (χ2n) is 6.62. The highest BCUT2D eigenvalue weighted by Gasteiger charge is 2.38. The number of halogens is 3. The fourth-order valence-corrected chi connectivity index (χ4v) is 3.22. The molecule has 6 nitrogen and oxygen atoms in total. The molecule has 9 heteroatoms. The molecule has 1 aliphatic heterocycles. The number of anilines is 1. The zero-order chi connectivity index (χ0) is 19.7. The fraction of sp³-hybridized carbons (Fsp3) is 0.263. The van der Waals surface area contributed by atoms with Crippen molar-refractivity contribution in [2.45, 2.75) is 12.7 Å². The number of hydrogen-bond acceptors (Lipinski definition) is 5. The van der Waals surface area contributed by atoms with Crippen molar-refractivity contribution in [3.05, 3.63) is 70.9 Å². The van der Waals surface area contributed by atoms with E-state index in [0.717, 1.165) is 11.6 Å². The Hall–Kier alpha value is -3.23. The minimum absolute atomic E-state index is 0.0115. The molecule has 28 heavy (non-hydrogen) atoms. The molecular formula is C19H16F3N5O. The Bertz CT molecular complexity index is 1030. The van der Waals surface area contributed by atoms with E-state index in [1.165, 1.54) is 23.0 Å². The first kappa shape index (κ1) is 18.1. The molecule has 4 rings (SSSR count). The smallest absolute Gasteiger partial charge is 0.355 e. The molecule has 0 N–H and O–H groups in total. The van der Waals surface area contributed by atoms with Crippen LogP contribution in [0.3, 0.4) is 0 Å². The maximum absolute atomic E-state index is 13.1. The molecule has 1 aliphatic rings. The van der Waals surface area contributed by atoms with Crippen molar-refractivity contribution in [2.24, 2.45) is 5.92 Å². The van der Waals surface area contributed by atoms with Gasteiger partial charge < -0.3 is 4.90 Å². The Morgan fingerprint density at radius 3 is 2.57 bits per heavy atom. The van der Waals surface area contributed by atoms with Gasteiger partial charge in [0, 0.05) is 49.2 Å². The van der Waals surface area contributed by atoms with E-state index in [1.807, 2.05) is 6.07 Å². The molecule has 3 aromatic rings. The molecule has 0 radical (unpaired) electrons.